The molecule has 172 valence electrons. The van der Waals surface area contributed by atoms with Crippen molar-refractivity contribution in [3.63, 3.8) is 0 Å². The van der Waals surface area contributed by atoms with E-state index in [2.05, 4.69) is 10.6 Å². The fraction of sp³-hybridized carbons (Fsp3) is 0.0357. The third-order valence-corrected chi connectivity index (χ3v) is 5.28. The summed E-state index contributed by atoms with van der Waals surface area (Å²) in [6, 6.07) is 28.9. The van der Waals surface area contributed by atoms with E-state index < -0.39 is 5.91 Å². The van der Waals surface area contributed by atoms with E-state index in [1.54, 1.807) is 54.6 Å². The maximum atomic E-state index is 12.6. The molecule has 0 fully saturated rings. The number of hydrogen-bond donors (Lipinski definition) is 2. The highest BCUT2D eigenvalue weighted by Gasteiger charge is 2.10. The molecule has 7 heteroatoms. The fourth-order valence-corrected chi connectivity index (χ4v) is 3.54. The molecule has 0 aliphatic heterocycles. The van der Waals surface area contributed by atoms with Crippen LogP contribution in [0.25, 0.3) is 16.8 Å². The van der Waals surface area contributed by atoms with Gasteiger partial charge in [-0.15, -0.1) is 0 Å². The van der Waals surface area contributed by atoms with Crippen LogP contribution in [0.15, 0.2) is 96.6 Å². The van der Waals surface area contributed by atoms with E-state index in [0.717, 1.165) is 10.8 Å². The summed E-state index contributed by atoms with van der Waals surface area (Å²) in [4.78, 5) is 24.7. The van der Waals surface area contributed by atoms with E-state index >= 15 is 0 Å². The molecule has 0 bridgehead atoms. The summed E-state index contributed by atoms with van der Waals surface area (Å²) in [5.74, 6) is -0.350. The Bertz CT molecular complexity index is 1460. The molecule has 0 saturated carbocycles. The summed E-state index contributed by atoms with van der Waals surface area (Å²) in [5.41, 5.74) is 1.80. The zero-order valence-electron chi connectivity index (χ0n) is 18.5. The van der Waals surface area contributed by atoms with Crippen LogP contribution in [-0.4, -0.2) is 18.4 Å². The molecule has 4 aromatic rings. The second-order valence-corrected chi connectivity index (χ2v) is 8.04. The average Bonchev–Trinajstić information content (AvgIpc) is 2.86. The Labute approximate surface area is 207 Å². The number of amides is 2. The van der Waals surface area contributed by atoms with Crippen LogP contribution in [0.2, 0.25) is 5.02 Å². The first-order valence-electron chi connectivity index (χ1n) is 10.7. The number of ether oxygens (including phenoxy) is 1. The number of nitrogens with one attached hydrogen (secondary N) is 2. The molecule has 4 rings (SSSR count). The van der Waals surface area contributed by atoms with Crippen molar-refractivity contribution in [3.05, 3.63) is 107 Å². The maximum Gasteiger partial charge on any atom is 0.266 e. The van der Waals surface area contributed by atoms with Gasteiger partial charge in [-0.05, 0) is 64.9 Å². The van der Waals surface area contributed by atoms with Gasteiger partial charge in [0.2, 0.25) is 0 Å². The topological polar surface area (TPSA) is 91.2 Å². The lowest BCUT2D eigenvalue weighted by atomic mass is 10.1. The number of halogens is 1. The van der Waals surface area contributed by atoms with Gasteiger partial charge < -0.3 is 15.4 Å². The van der Waals surface area contributed by atoms with E-state index in [1.165, 1.54) is 6.08 Å². The predicted octanol–water partition coefficient (Wildman–Crippen LogP) is 6.06. The first kappa shape index (κ1) is 23.6. The second-order valence-electron chi connectivity index (χ2n) is 7.60. The van der Waals surface area contributed by atoms with Crippen molar-refractivity contribution in [1.82, 2.24) is 0 Å². The summed E-state index contributed by atoms with van der Waals surface area (Å²) < 4.78 is 5.51. The van der Waals surface area contributed by atoms with Crippen molar-refractivity contribution in [2.24, 2.45) is 0 Å². The smallest absolute Gasteiger partial charge is 0.266 e. The number of nitrogens with zero attached hydrogens (tertiary/aromatic N) is 1. The molecular formula is C28H20ClN3O3. The second kappa shape index (κ2) is 11.0. The van der Waals surface area contributed by atoms with Gasteiger partial charge in [-0.3, -0.25) is 9.59 Å². The zero-order chi connectivity index (χ0) is 24.6. The Balaban J connectivity index is 1.35. The van der Waals surface area contributed by atoms with E-state index in [9.17, 15) is 14.9 Å². The molecule has 0 unspecified atom stereocenters. The molecular weight excluding hydrogens is 462 g/mol. The van der Waals surface area contributed by atoms with Gasteiger partial charge >= 0.3 is 0 Å². The van der Waals surface area contributed by atoms with Crippen LogP contribution in [0.4, 0.5) is 11.4 Å². The summed E-state index contributed by atoms with van der Waals surface area (Å²) >= 11 is 5.91. The van der Waals surface area contributed by atoms with Crippen molar-refractivity contribution in [3.8, 4) is 11.8 Å². The Hall–Kier alpha value is -4.60. The molecule has 0 atom stereocenters. The van der Waals surface area contributed by atoms with Crippen LogP contribution in [0.5, 0.6) is 5.75 Å². The van der Waals surface area contributed by atoms with Crippen molar-refractivity contribution in [2.45, 2.75) is 0 Å². The number of carbonyl (C=O) groups excluding carboxylic acids is 2. The largest absolute Gasteiger partial charge is 0.484 e. The van der Waals surface area contributed by atoms with E-state index in [-0.39, 0.29) is 18.1 Å². The van der Waals surface area contributed by atoms with Crippen LogP contribution in [0, 0.1) is 11.3 Å². The standard InChI is InChI=1S/C28H20ClN3O3/c29-23-6-3-7-24(16-23)31-27(33)18-35-26-12-8-19(9-13-26)14-22(17-30)28(34)32-25-11-10-20-4-1-2-5-21(20)15-25/h1-16H,18H2,(H,31,33)(H,32,34)/b22-14+. The molecule has 0 heterocycles. The van der Waals surface area contributed by atoms with Gasteiger partial charge in [0.05, 0.1) is 0 Å². The van der Waals surface area contributed by atoms with Gasteiger partial charge in [-0.1, -0.05) is 60.1 Å². The maximum absolute atomic E-state index is 12.6. The van der Waals surface area contributed by atoms with Gasteiger partial charge in [0.15, 0.2) is 6.61 Å². The fourth-order valence-electron chi connectivity index (χ4n) is 3.35. The highest BCUT2D eigenvalue weighted by molar-refractivity contribution is 6.30. The minimum absolute atomic E-state index is 0.0345. The van der Waals surface area contributed by atoms with Crippen LogP contribution in [0.1, 0.15) is 5.56 Å². The van der Waals surface area contributed by atoms with Gasteiger partial charge in [0.1, 0.15) is 17.4 Å². The van der Waals surface area contributed by atoms with Gasteiger partial charge in [-0.2, -0.15) is 5.26 Å². The van der Waals surface area contributed by atoms with Crippen molar-refractivity contribution in [2.75, 3.05) is 17.2 Å². The van der Waals surface area contributed by atoms with Crippen LogP contribution >= 0.6 is 11.6 Å². The minimum atomic E-state index is -0.499. The Morgan fingerprint density at radius 2 is 1.60 bits per heavy atom. The molecule has 2 amide bonds. The molecule has 4 aromatic carbocycles. The quantitative estimate of drug-likeness (QED) is 0.248. The highest BCUT2D eigenvalue weighted by atomic mass is 35.5. The van der Waals surface area contributed by atoms with Gasteiger partial charge in [0, 0.05) is 16.4 Å². The molecule has 0 saturated heterocycles. The van der Waals surface area contributed by atoms with Crippen molar-refractivity contribution < 1.29 is 14.3 Å². The number of benzene rings is 4. The lowest BCUT2D eigenvalue weighted by molar-refractivity contribution is -0.118. The molecule has 0 aromatic heterocycles. The van der Waals surface area contributed by atoms with E-state index in [1.807, 2.05) is 42.5 Å². The zero-order valence-corrected chi connectivity index (χ0v) is 19.3. The Morgan fingerprint density at radius 3 is 2.34 bits per heavy atom. The number of carbonyl (C=O) groups is 2. The summed E-state index contributed by atoms with van der Waals surface area (Å²) in [6.45, 7) is -0.181. The summed E-state index contributed by atoms with van der Waals surface area (Å²) in [6.07, 6.45) is 1.49. The van der Waals surface area contributed by atoms with Crippen LogP contribution in [0.3, 0.4) is 0 Å². The van der Waals surface area contributed by atoms with Crippen molar-refractivity contribution in [1.29, 1.82) is 5.26 Å². The summed E-state index contributed by atoms with van der Waals surface area (Å²) in [5, 5.41) is 17.5. The lowest BCUT2D eigenvalue weighted by Gasteiger charge is -2.08. The Morgan fingerprint density at radius 1 is 0.857 bits per heavy atom. The Kier molecular flexibility index (Phi) is 7.41. The normalized spacial score (nSPS) is 10.9. The van der Waals surface area contributed by atoms with E-state index in [4.69, 9.17) is 16.3 Å². The lowest BCUT2D eigenvalue weighted by Crippen LogP contribution is -2.20. The predicted molar refractivity (Wildman–Crippen MR) is 138 cm³/mol. The van der Waals surface area contributed by atoms with Gasteiger partial charge in [-0.25, -0.2) is 0 Å². The number of nitriles is 1. The number of rotatable bonds is 7. The molecule has 0 aliphatic rings. The third-order valence-electron chi connectivity index (χ3n) is 5.04. The molecule has 0 aliphatic carbocycles. The van der Waals surface area contributed by atoms with Crippen LogP contribution in [-0.2, 0) is 9.59 Å². The molecule has 2 N–H and O–H groups in total. The number of fused-ring (bicyclic) bond motifs is 1. The average molecular weight is 482 g/mol. The third kappa shape index (κ3) is 6.47. The highest BCUT2D eigenvalue weighted by Crippen LogP contribution is 2.20. The monoisotopic (exact) mass is 481 g/mol. The molecule has 0 radical (unpaired) electrons. The molecule has 6 nitrogen and oxygen atoms in total. The molecule has 35 heavy (non-hydrogen) atoms. The number of hydrogen-bond acceptors (Lipinski definition) is 4. The van der Waals surface area contributed by atoms with Crippen molar-refractivity contribution >= 4 is 51.6 Å². The first-order valence-corrected chi connectivity index (χ1v) is 11.1. The first-order chi connectivity index (χ1) is 17.0. The van der Waals surface area contributed by atoms with Gasteiger partial charge in [0.25, 0.3) is 11.8 Å². The SMILES string of the molecule is N#C/C(=C\c1ccc(OCC(=O)Nc2cccc(Cl)c2)cc1)C(=O)Nc1ccc2ccccc2c1. The van der Waals surface area contributed by atoms with E-state index in [0.29, 0.717) is 27.7 Å². The molecule has 0 spiro atoms. The number of anilines is 2. The van der Waals surface area contributed by atoms with Crippen LogP contribution < -0.4 is 15.4 Å². The minimum Gasteiger partial charge on any atom is -0.484 e. The summed E-state index contributed by atoms with van der Waals surface area (Å²) in [7, 11) is 0.